The minimum Gasteiger partial charge on any atom is -0.345 e. The molecule has 0 saturated carbocycles. The van der Waals surface area contributed by atoms with Gasteiger partial charge in [0.1, 0.15) is 0 Å². The van der Waals surface area contributed by atoms with E-state index in [9.17, 15) is 14.4 Å². The molecular weight excluding hydrogens is 404 g/mol. The molecular formula is C22H21ClN4O3. The first-order chi connectivity index (χ1) is 14.2. The SMILES string of the molecule is Cc1nn(-c2ccccc2)c(C)c1C(=O)C(=O)Nc1cc(C(=O)N(C)C)ccc1Cl. The van der Waals surface area contributed by atoms with Crippen LogP contribution in [0.5, 0.6) is 0 Å². The normalized spacial score (nSPS) is 10.6. The smallest absolute Gasteiger partial charge is 0.296 e. The highest BCUT2D eigenvalue weighted by Crippen LogP contribution is 2.25. The second kappa shape index (κ2) is 8.51. The van der Waals surface area contributed by atoms with Crippen LogP contribution in [-0.4, -0.2) is 46.4 Å². The van der Waals surface area contributed by atoms with Crippen molar-refractivity contribution in [2.45, 2.75) is 13.8 Å². The van der Waals surface area contributed by atoms with Gasteiger partial charge in [0.25, 0.3) is 17.6 Å². The number of hydrogen-bond acceptors (Lipinski definition) is 4. The lowest BCUT2D eigenvalue weighted by molar-refractivity contribution is -0.112. The Kier molecular flexibility index (Phi) is 6.03. The van der Waals surface area contributed by atoms with Gasteiger partial charge in [0.15, 0.2) is 0 Å². The van der Waals surface area contributed by atoms with Gasteiger partial charge in [-0.2, -0.15) is 5.10 Å². The molecule has 1 heterocycles. The Morgan fingerprint density at radius 1 is 1.03 bits per heavy atom. The summed E-state index contributed by atoms with van der Waals surface area (Å²) in [6.07, 6.45) is 0. The maximum atomic E-state index is 12.9. The molecule has 154 valence electrons. The lowest BCUT2D eigenvalue weighted by Crippen LogP contribution is -2.25. The van der Waals surface area contributed by atoms with Crippen molar-refractivity contribution in [1.29, 1.82) is 0 Å². The number of anilines is 1. The van der Waals surface area contributed by atoms with Crippen molar-refractivity contribution in [2.24, 2.45) is 0 Å². The lowest BCUT2D eigenvalue weighted by atomic mass is 10.1. The maximum Gasteiger partial charge on any atom is 0.296 e. The van der Waals surface area contributed by atoms with E-state index >= 15 is 0 Å². The third kappa shape index (κ3) is 4.11. The first-order valence-corrected chi connectivity index (χ1v) is 9.57. The maximum absolute atomic E-state index is 12.9. The highest BCUT2D eigenvalue weighted by atomic mass is 35.5. The third-order valence-electron chi connectivity index (χ3n) is 4.59. The zero-order valence-electron chi connectivity index (χ0n) is 17.1. The molecule has 3 aromatic rings. The zero-order valence-corrected chi connectivity index (χ0v) is 17.8. The molecule has 2 aromatic carbocycles. The Morgan fingerprint density at radius 2 is 1.70 bits per heavy atom. The number of aryl methyl sites for hydroxylation is 1. The van der Waals surface area contributed by atoms with Gasteiger partial charge in [-0.15, -0.1) is 0 Å². The van der Waals surface area contributed by atoms with Gasteiger partial charge in [0.05, 0.1) is 33.3 Å². The standard InChI is InChI=1S/C22H21ClN4O3/c1-13-19(14(2)27(25-13)16-8-6-5-7-9-16)20(28)21(29)24-18-12-15(10-11-17(18)23)22(30)26(3)4/h5-12H,1-4H3,(H,24,29). The summed E-state index contributed by atoms with van der Waals surface area (Å²) >= 11 is 6.15. The van der Waals surface area contributed by atoms with E-state index in [0.29, 0.717) is 17.0 Å². The Bertz CT molecular complexity index is 1140. The van der Waals surface area contributed by atoms with Crippen LogP contribution < -0.4 is 5.32 Å². The van der Waals surface area contributed by atoms with Crippen LogP contribution in [0, 0.1) is 13.8 Å². The predicted molar refractivity (Wildman–Crippen MR) is 115 cm³/mol. The van der Waals surface area contributed by atoms with Crippen molar-refractivity contribution in [3.05, 3.63) is 76.1 Å². The zero-order chi connectivity index (χ0) is 22.0. The fourth-order valence-corrected chi connectivity index (χ4v) is 3.26. The topological polar surface area (TPSA) is 84.3 Å². The number of aromatic nitrogens is 2. The largest absolute Gasteiger partial charge is 0.345 e. The van der Waals surface area contributed by atoms with Crippen LogP contribution in [-0.2, 0) is 4.79 Å². The van der Waals surface area contributed by atoms with Gasteiger partial charge >= 0.3 is 0 Å². The number of nitrogens with one attached hydrogen (secondary N) is 1. The van der Waals surface area contributed by atoms with Crippen LogP contribution >= 0.6 is 11.6 Å². The lowest BCUT2D eigenvalue weighted by Gasteiger charge is -2.13. The second-order valence-corrected chi connectivity index (χ2v) is 7.38. The number of nitrogens with zero attached hydrogens (tertiary/aromatic N) is 3. The summed E-state index contributed by atoms with van der Waals surface area (Å²) in [7, 11) is 3.24. The molecule has 7 nitrogen and oxygen atoms in total. The molecule has 0 aliphatic carbocycles. The molecule has 0 radical (unpaired) electrons. The molecule has 0 aliphatic heterocycles. The number of benzene rings is 2. The van der Waals surface area contributed by atoms with Crippen molar-refractivity contribution in [3.8, 4) is 5.69 Å². The van der Waals surface area contributed by atoms with Crippen LogP contribution in [0.1, 0.15) is 32.1 Å². The molecule has 8 heteroatoms. The molecule has 3 rings (SSSR count). The number of Topliss-reactive ketones (excluding diaryl/α,β-unsaturated/α-hetero) is 1. The van der Waals surface area contributed by atoms with Crippen molar-refractivity contribution >= 4 is 34.9 Å². The number of carbonyl (C=O) groups is 3. The van der Waals surface area contributed by atoms with Gasteiger partial charge in [0.2, 0.25) is 0 Å². The summed E-state index contributed by atoms with van der Waals surface area (Å²) in [6, 6.07) is 13.8. The first-order valence-electron chi connectivity index (χ1n) is 9.19. The number of amides is 2. The summed E-state index contributed by atoms with van der Waals surface area (Å²) in [6.45, 7) is 3.41. The van der Waals surface area contributed by atoms with Crippen molar-refractivity contribution in [1.82, 2.24) is 14.7 Å². The molecule has 0 unspecified atom stereocenters. The number of hydrogen-bond donors (Lipinski definition) is 1. The van der Waals surface area contributed by atoms with Gasteiger partial charge in [0, 0.05) is 19.7 Å². The van der Waals surface area contributed by atoms with Crippen molar-refractivity contribution < 1.29 is 14.4 Å². The van der Waals surface area contributed by atoms with Crippen molar-refractivity contribution in [3.63, 3.8) is 0 Å². The molecule has 0 atom stereocenters. The fraction of sp³-hybridized carbons (Fsp3) is 0.182. The molecule has 0 bridgehead atoms. The van der Waals surface area contributed by atoms with Gasteiger partial charge < -0.3 is 10.2 Å². The van der Waals surface area contributed by atoms with Crippen molar-refractivity contribution in [2.75, 3.05) is 19.4 Å². The van der Waals surface area contributed by atoms with Crippen LogP contribution in [0.25, 0.3) is 5.69 Å². The minimum absolute atomic E-state index is 0.188. The van der Waals surface area contributed by atoms with Gasteiger partial charge in [-0.1, -0.05) is 29.8 Å². The number of carbonyl (C=O) groups excluding carboxylic acids is 3. The van der Waals surface area contributed by atoms with Crippen LogP contribution in [0.4, 0.5) is 5.69 Å². The monoisotopic (exact) mass is 424 g/mol. The van der Waals surface area contributed by atoms with Crippen LogP contribution in [0.2, 0.25) is 5.02 Å². The molecule has 1 N–H and O–H groups in total. The first kappa shape index (κ1) is 21.3. The highest BCUT2D eigenvalue weighted by Gasteiger charge is 2.26. The molecule has 0 spiro atoms. The molecule has 0 fully saturated rings. The van der Waals surface area contributed by atoms with Gasteiger partial charge in [-0.3, -0.25) is 14.4 Å². The predicted octanol–water partition coefficient (Wildman–Crippen LogP) is 3.67. The second-order valence-electron chi connectivity index (χ2n) is 6.97. The van der Waals surface area contributed by atoms with Crippen LogP contribution in [0.3, 0.4) is 0 Å². The van der Waals surface area contributed by atoms with Crippen LogP contribution in [0.15, 0.2) is 48.5 Å². The average Bonchev–Trinajstić information content (AvgIpc) is 3.03. The molecule has 0 aliphatic rings. The number of halogens is 1. The van der Waals surface area contributed by atoms with E-state index in [1.54, 1.807) is 38.7 Å². The van der Waals surface area contributed by atoms with E-state index in [1.807, 2.05) is 30.3 Å². The van der Waals surface area contributed by atoms with Gasteiger partial charge in [-0.25, -0.2) is 4.68 Å². The average molecular weight is 425 g/mol. The van der Waals surface area contributed by atoms with E-state index in [-0.39, 0.29) is 22.2 Å². The summed E-state index contributed by atoms with van der Waals surface area (Å²) in [4.78, 5) is 39.1. The van der Waals surface area contributed by atoms with Gasteiger partial charge in [-0.05, 0) is 44.2 Å². The Hall–Kier alpha value is -3.45. The minimum atomic E-state index is -0.856. The fourth-order valence-electron chi connectivity index (χ4n) is 3.10. The third-order valence-corrected chi connectivity index (χ3v) is 4.92. The molecule has 2 amide bonds. The quantitative estimate of drug-likeness (QED) is 0.500. The molecule has 30 heavy (non-hydrogen) atoms. The highest BCUT2D eigenvalue weighted by molar-refractivity contribution is 6.47. The van der Waals surface area contributed by atoms with E-state index in [0.717, 1.165) is 5.69 Å². The summed E-state index contributed by atoms with van der Waals surface area (Å²) in [5, 5.41) is 7.14. The Morgan fingerprint density at radius 3 is 2.33 bits per heavy atom. The van der Waals surface area contributed by atoms with E-state index < -0.39 is 11.7 Å². The summed E-state index contributed by atoms with van der Waals surface area (Å²) < 4.78 is 1.62. The molecule has 1 aromatic heterocycles. The number of rotatable bonds is 5. The molecule has 0 saturated heterocycles. The van der Waals surface area contributed by atoms with E-state index in [2.05, 4.69) is 10.4 Å². The Labute approximate surface area is 179 Å². The Balaban J connectivity index is 1.89. The van der Waals surface area contributed by atoms with E-state index in [1.165, 1.54) is 17.0 Å². The summed E-state index contributed by atoms with van der Waals surface area (Å²) in [5.74, 6) is -1.83. The number of para-hydroxylation sites is 1. The van der Waals surface area contributed by atoms with E-state index in [4.69, 9.17) is 11.6 Å². The summed E-state index contributed by atoms with van der Waals surface area (Å²) in [5.41, 5.74) is 2.55. The number of ketones is 1.